The average Bonchev–Trinajstić information content (AvgIpc) is 2.18. The van der Waals surface area contributed by atoms with Crippen molar-refractivity contribution >= 4 is 6.29 Å². The van der Waals surface area contributed by atoms with Gasteiger partial charge in [-0.05, 0) is 12.1 Å². The molecule has 1 aromatic rings. The second-order valence-corrected chi connectivity index (χ2v) is 2.29. The van der Waals surface area contributed by atoms with Gasteiger partial charge >= 0.3 is 12.1 Å². The van der Waals surface area contributed by atoms with Gasteiger partial charge in [0.2, 0.25) is 0 Å². The van der Waals surface area contributed by atoms with Crippen LogP contribution < -0.4 is 4.74 Å². The molecule has 74 valence electrons. The highest BCUT2D eigenvalue weighted by Gasteiger charge is 2.10. The Labute approximate surface area is 77.6 Å². The molecule has 1 rings (SSSR count). The summed E-state index contributed by atoms with van der Waals surface area (Å²) in [4.78, 5) is 10.4. The fraction of sp³-hybridized carbons (Fsp3) is 0. The quantitative estimate of drug-likeness (QED) is 0.556. The molecule has 0 amide bonds. The molecule has 0 saturated heterocycles. The summed E-state index contributed by atoms with van der Waals surface area (Å²) < 4.78 is 39.7. The molecule has 5 heteroatoms. The fourth-order valence-corrected chi connectivity index (χ4v) is 0.806. The van der Waals surface area contributed by atoms with E-state index in [1.807, 2.05) is 0 Å². The normalized spacial score (nSPS) is 9.36. The van der Waals surface area contributed by atoms with Gasteiger partial charge in [-0.25, -0.2) is 0 Å². The van der Waals surface area contributed by atoms with Gasteiger partial charge in [-0.15, -0.1) is 0 Å². The molecule has 0 spiro atoms. The van der Waals surface area contributed by atoms with E-state index in [0.29, 0.717) is 6.29 Å². The molecule has 0 aliphatic rings. The summed E-state index contributed by atoms with van der Waals surface area (Å²) in [7, 11) is 0. The van der Waals surface area contributed by atoms with E-state index >= 15 is 0 Å². The first-order valence-corrected chi connectivity index (χ1v) is 3.58. The molecule has 0 bridgehead atoms. The molecule has 0 radical (unpaired) electrons. The Morgan fingerprint density at radius 3 is 2.43 bits per heavy atom. The maximum absolute atomic E-state index is 12.3. The third-order valence-corrected chi connectivity index (χ3v) is 1.39. The summed E-state index contributed by atoms with van der Waals surface area (Å²) in [6.45, 7) is 0. The zero-order valence-corrected chi connectivity index (χ0v) is 6.84. The summed E-state index contributed by atoms with van der Waals surface area (Å²) in [6, 6.07) is 3.48. The number of carbonyl (C=O) groups is 1. The summed E-state index contributed by atoms with van der Waals surface area (Å²) in [6.07, 6.45) is -2.18. The van der Waals surface area contributed by atoms with E-state index in [4.69, 9.17) is 0 Å². The molecule has 0 saturated carbocycles. The molecule has 0 aliphatic carbocycles. The highest BCUT2D eigenvalue weighted by Crippen LogP contribution is 2.21. The maximum atomic E-state index is 12.3. The van der Waals surface area contributed by atoms with Crippen LogP contribution in [0, 0.1) is 0 Å². The van der Waals surface area contributed by atoms with Crippen LogP contribution >= 0.6 is 0 Å². The van der Waals surface area contributed by atoms with Crippen molar-refractivity contribution in [2.45, 2.75) is 0 Å². The number of ether oxygens (including phenoxy) is 1. The lowest BCUT2D eigenvalue weighted by atomic mass is 10.2. The Hall–Kier alpha value is -1.78. The van der Waals surface area contributed by atoms with Gasteiger partial charge in [0.15, 0.2) is 6.29 Å². The van der Waals surface area contributed by atoms with Gasteiger partial charge in [0.1, 0.15) is 5.75 Å². The zero-order valence-electron chi connectivity index (χ0n) is 6.84. The molecule has 0 fully saturated rings. The smallest absolute Gasteiger partial charge is 0.344 e. The first kappa shape index (κ1) is 10.3. The van der Waals surface area contributed by atoms with Crippen LogP contribution in [0.3, 0.4) is 0 Å². The van der Waals surface area contributed by atoms with Gasteiger partial charge in [-0.2, -0.15) is 13.2 Å². The predicted octanol–water partition coefficient (Wildman–Crippen LogP) is 2.91. The number of carbonyl (C=O) groups excluding carboxylic acids is 1. The topological polar surface area (TPSA) is 26.3 Å². The molecule has 1 aromatic carbocycles. The lowest BCUT2D eigenvalue weighted by Crippen LogP contribution is -1.94. The van der Waals surface area contributed by atoms with Crippen LogP contribution in [0.4, 0.5) is 13.2 Å². The van der Waals surface area contributed by atoms with Crippen LogP contribution in [-0.4, -0.2) is 6.29 Å². The van der Waals surface area contributed by atoms with Crippen molar-refractivity contribution in [1.82, 2.24) is 0 Å². The van der Waals surface area contributed by atoms with E-state index in [-0.39, 0.29) is 11.3 Å². The van der Waals surface area contributed by atoms with Gasteiger partial charge < -0.3 is 4.74 Å². The number of hydrogen-bond donors (Lipinski definition) is 0. The number of benzene rings is 1. The maximum Gasteiger partial charge on any atom is 0.344 e. The number of aldehydes is 1. The summed E-state index contributed by atoms with van der Waals surface area (Å²) in [5, 5.41) is 0. The fourth-order valence-electron chi connectivity index (χ4n) is 0.806. The van der Waals surface area contributed by atoms with E-state index in [1.54, 1.807) is 0 Å². The average molecular weight is 202 g/mol. The molecule has 0 aliphatic heterocycles. The molecule has 0 aromatic heterocycles. The minimum atomic E-state index is -2.56. The van der Waals surface area contributed by atoms with Gasteiger partial charge in [-0.1, -0.05) is 12.1 Å². The second kappa shape index (κ2) is 4.45. The first-order valence-electron chi connectivity index (χ1n) is 3.58. The van der Waals surface area contributed by atoms with Crippen molar-refractivity contribution in [1.29, 1.82) is 0 Å². The summed E-state index contributed by atoms with van der Waals surface area (Å²) >= 11 is 0. The third kappa shape index (κ3) is 2.35. The molecular formula is C9H5F3O2. The molecular weight excluding hydrogens is 197 g/mol. The Morgan fingerprint density at radius 1 is 1.21 bits per heavy atom. The van der Waals surface area contributed by atoms with Crippen LogP contribution in [0.1, 0.15) is 10.4 Å². The largest absolute Gasteiger partial charge is 0.427 e. The van der Waals surface area contributed by atoms with Crippen molar-refractivity contribution in [3.63, 3.8) is 0 Å². The van der Waals surface area contributed by atoms with E-state index in [2.05, 4.69) is 4.74 Å². The molecule has 0 atom stereocenters. The van der Waals surface area contributed by atoms with Gasteiger partial charge in [0.05, 0.1) is 5.56 Å². The van der Waals surface area contributed by atoms with Gasteiger partial charge in [0, 0.05) is 0 Å². The number of halogens is 3. The molecule has 0 N–H and O–H groups in total. The van der Waals surface area contributed by atoms with Gasteiger partial charge in [-0.3, -0.25) is 4.79 Å². The Balaban J connectivity index is 2.97. The van der Waals surface area contributed by atoms with Crippen LogP contribution in [0.25, 0.3) is 0 Å². The summed E-state index contributed by atoms with van der Waals surface area (Å²) in [5.41, 5.74) is 0.00361. The number of para-hydroxylation sites is 1. The van der Waals surface area contributed by atoms with Crippen molar-refractivity contribution < 1.29 is 22.7 Å². The Kier molecular flexibility index (Phi) is 3.28. The van der Waals surface area contributed by atoms with Crippen LogP contribution in [0.2, 0.25) is 0 Å². The van der Waals surface area contributed by atoms with E-state index in [1.165, 1.54) is 24.3 Å². The lowest BCUT2D eigenvalue weighted by molar-refractivity contribution is 0.111. The van der Waals surface area contributed by atoms with Crippen molar-refractivity contribution in [2.24, 2.45) is 0 Å². The van der Waals surface area contributed by atoms with Crippen molar-refractivity contribution in [3.05, 3.63) is 41.9 Å². The third-order valence-electron chi connectivity index (χ3n) is 1.39. The SMILES string of the molecule is O=Cc1ccccc1OC(F)=C(F)F. The van der Waals surface area contributed by atoms with E-state index in [9.17, 15) is 18.0 Å². The highest BCUT2D eigenvalue weighted by molar-refractivity contribution is 5.79. The van der Waals surface area contributed by atoms with Crippen LogP contribution in [0.5, 0.6) is 5.75 Å². The monoisotopic (exact) mass is 202 g/mol. The first-order chi connectivity index (χ1) is 6.65. The van der Waals surface area contributed by atoms with E-state index < -0.39 is 12.1 Å². The molecule has 0 unspecified atom stereocenters. The van der Waals surface area contributed by atoms with Crippen LogP contribution in [0.15, 0.2) is 36.4 Å². The van der Waals surface area contributed by atoms with Crippen molar-refractivity contribution in [2.75, 3.05) is 0 Å². The van der Waals surface area contributed by atoms with E-state index in [0.717, 1.165) is 0 Å². The zero-order chi connectivity index (χ0) is 10.6. The molecule has 0 heterocycles. The molecule has 14 heavy (non-hydrogen) atoms. The number of rotatable bonds is 3. The lowest BCUT2D eigenvalue weighted by Gasteiger charge is -2.03. The predicted molar refractivity (Wildman–Crippen MR) is 42.8 cm³/mol. The Morgan fingerprint density at radius 2 is 1.86 bits per heavy atom. The standard InChI is InChI=1S/C9H5F3O2/c10-8(11)9(12)14-7-4-2-1-3-6(7)5-13/h1-5H. The second-order valence-electron chi connectivity index (χ2n) is 2.29. The minimum absolute atomic E-state index is 0.00361. The van der Waals surface area contributed by atoms with Crippen molar-refractivity contribution in [3.8, 4) is 5.75 Å². The minimum Gasteiger partial charge on any atom is -0.427 e. The highest BCUT2D eigenvalue weighted by atomic mass is 19.3. The van der Waals surface area contributed by atoms with Crippen LogP contribution in [-0.2, 0) is 0 Å². The molecule has 2 nitrogen and oxygen atoms in total. The van der Waals surface area contributed by atoms with Gasteiger partial charge in [0.25, 0.3) is 0 Å². The Bertz CT molecular complexity index is 370. The number of hydrogen-bond acceptors (Lipinski definition) is 2. The summed E-state index contributed by atoms with van der Waals surface area (Å²) in [5.74, 6) is -0.243.